The number of amides is 1. The van der Waals surface area contributed by atoms with Gasteiger partial charge in [-0.1, -0.05) is 18.3 Å². The molecule has 19 heavy (non-hydrogen) atoms. The van der Waals surface area contributed by atoms with Crippen LogP contribution in [0.15, 0.2) is 11.4 Å². The minimum absolute atomic E-state index is 0.132. The number of fused-ring (bicyclic) bond motifs is 1. The van der Waals surface area contributed by atoms with Gasteiger partial charge in [-0.15, -0.1) is 11.3 Å². The van der Waals surface area contributed by atoms with E-state index < -0.39 is 0 Å². The van der Waals surface area contributed by atoms with Gasteiger partial charge in [0.15, 0.2) is 0 Å². The summed E-state index contributed by atoms with van der Waals surface area (Å²) in [5.41, 5.74) is 0.912. The highest BCUT2D eigenvalue weighted by Crippen LogP contribution is 2.57. The maximum Gasteiger partial charge on any atom is 0.223 e. The van der Waals surface area contributed by atoms with E-state index in [1.807, 2.05) is 11.4 Å². The van der Waals surface area contributed by atoms with Crippen LogP contribution in [0.25, 0.3) is 0 Å². The Morgan fingerprint density at radius 2 is 2.26 bits per heavy atom. The largest absolute Gasteiger partial charge is 0.384 e. The summed E-state index contributed by atoms with van der Waals surface area (Å²) >= 11 is 1.60. The zero-order valence-electron chi connectivity index (χ0n) is 10.7. The Morgan fingerprint density at radius 3 is 3.00 bits per heavy atom. The number of nitrogens with one attached hydrogen (secondary N) is 1. The van der Waals surface area contributed by atoms with Crippen LogP contribution in [-0.2, 0) is 11.3 Å². The predicted octanol–water partition coefficient (Wildman–Crippen LogP) is 1.75. The molecule has 2 N–H and O–H groups in total. The quantitative estimate of drug-likeness (QED) is 0.826. The van der Waals surface area contributed by atoms with Gasteiger partial charge in [0, 0.05) is 16.4 Å². The van der Waals surface area contributed by atoms with Crippen LogP contribution in [-0.4, -0.2) is 17.6 Å². The number of thiophene rings is 1. The molecule has 2 atom stereocenters. The minimum Gasteiger partial charge on any atom is -0.384 e. The first-order valence-corrected chi connectivity index (χ1v) is 7.63. The molecule has 1 aromatic rings. The van der Waals surface area contributed by atoms with Crippen molar-refractivity contribution in [2.45, 2.75) is 25.8 Å². The second-order valence-corrected chi connectivity index (χ2v) is 6.22. The lowest BCUT2D eigenvalue weighted by Crippen LogP contribution is -2.26. The van der Waals surface area contributed by atoms with Crippen molar-refractivity contribution in [3.8, 4) is 11.8 Å². The van der Waals surface area contributed by atoms with E-state index >= 15 is 0 Å². The zero-order chi connectivity index (χ0) is 13.2. The van der Waals surface area contributed by atoms with Gasteiger partial charge in [-0.3, -0.25) is 4.79 Å². The monoisotopic (exact) mass is 275 g/mol. The molecule has 0 aromatic carbocycles. The average molecular weight is 275 g/mol. The fourth-order valence-electron chi connectivity index (χ4n) is 3.22. The Bertz CT molecular complexity index is 530. The van der Waals surface area contributed by atoms with Crippen molar-refractivity contribution in [1.29, 1.82) is 0 Å². The Morgan fingerprint density at radius 1 is 1.47 bits per heavy atom. The lowest BCUT2D eigenvalue weighted by Gasteiger charge is -2.05. The van der Waals surface area contributed by atoms with Crippen LogP contribution in [0.4, 0.5) is 0 Å². The second-order valence-electron chi connectivity index (χ2n) is 5.22. The molecule has 3 rings (SSSR count). The zero-order valence-corrected chi connectivity index (χ0v) is 11.5. The number of rotatable bonds is 3. The van der Waals surface area contributed by atoms with Crippen molar-refractivity contribution in [2.24, 2.45) is 17.8 Å². The number of carbonyl (C=O) groups excluding carboxylic acids is 1. The van der Waals surface area contributed by atoms with E-state index in [0.29, 0.717) is 18.4 Å². The number of hydrogen-bond acceptors (Lipinski definition) is 3. The van der Waals surface area contributed by atoms with Gasteiger partial charge in [0.1, 0.15) is 6.61 Å². The van der Waals surface area contributed by atoms with Gasteiger partial charge in [0.05, 0.1) is 6.54 Å². The molecule has 2 fully saturated rings. The van der Waals surface area contributed by atoms with Crippen LogP contribution >= 0.6 is 11.3 Å². The van der Waals surface area contributed by atoms with Gasteiger partial charge in [0.25, 0.3) is 0 Å². The average Bonchev–Trinajstić information content (AvgIpc) is 2.82. The third kappa shape index (κ3) is 2.54. The van der Waals surface area contributed by atoms with Crippen molar-refractivity contribution in [1.82, 2.24) is 5.32 Å². The topological polar surface area (TPSA) is 49.3 Å². The van der Waals surface area contributed by atoms with Gasteiger partial charge in [-0.25, -0.2) is 0 Å². The summed E-state index contributed by atoms with van der Waals surface area (Å²) in [4.78, 5) is 13.1. The lowest BCUT2D eigenvalue weighted by molar-refractivity contribution is -0.123. The molecular weight excluding hydrogens is 258 g/mol. The first kappa shape index (κ1) is 12.7. The van der Waals surface area contributed by atoms with Crippen LogP contribution < -0.4 is 5.32 Å². The number of carbonyl (C=O) groups is 1. The normalized spacial score (nSPS) is 27.3. The van der Waals surface area contributed by atoms with E-state index in [1.54, 1.807) is 11.3 Å². The summed E-state index contributed by atoms with van der Waals surface area (Å²) in [6.45, 7) is 0.426. The highest BCUT2D eigenvalue weighted by molar-refractivity contribution is 7.10. The maximum absolute atomic E-state index is 12.1. The van der Waals surface area contributed by atoms with Crippen molar-refractivity contribution < 1.29 is 9.90 Å². The second kappa shape index (κ2) is 5.36. The predicted molar refractivity (Wildman–Crippen MR) is 74.5 cm³/mol. The summed E-state index contributed by atoms with van der Waals surface area (Å²) in [6, 6.07) is 1.93. The molecule has 0 aliphatic heterocycles. The Hall–Kier alpha value is -1.31. The van der Waals surface area contributed by atoms with Crippen LogP contribution in [0.5, 0.6) is 0 Å². The van der Waals surface area contributed by atoms with Gasteiger partial charge in [0.2, 0.25) is 5.91 Å². The fraction of sp³-hybridized carbons (Fsp3) is 0.533. The van der Waals surface area contributed by atoms with Crippen LogP contribution in [0.2, 0.25) is 0 Å². The van der Waals surface area contributed by atoms with E-state index in [4.69, 9.17) is 5.11 Å². The molecule has 3 nitrogen and oxygen atoms in total. The molecule has 2 saturated carbocycles. The standard InChI is InChI=1S/C15H17NO2S/c17-7-2-3-10-6-8-19-13(10)9-16-15(18)14-11-4-1-5-12(11)14/h6,8,11-12,14,17H,1,4-5,7,9H2,(H,16,18). The highest BCUT2D eigenvalue weighted by atomic mass is 32.1. The van der Waals surface area contributed by atoms with E-state index in [9.17, 15) is 4.79 Å². The summed E-state index contributed by atoms with van der Waals surface area (Å²) in [5.74, 6) is 7.37. The molecule has 2 unspecified atom stereocenters. The molecule has 1 amide bonds. The summed E-state index contributed by atoms with van der Waals surface area (Å²) in [7, 11) is 0. The van der Waals surface area contributed by atoms with E-state index in [2.05, 4.69) is 17.2 Å². The molecule has 0 radical (unpaired) electrons. The number of aliphatic hydroxyl groups is 1. The molecular formula is C15H17NO2S. The van der Waals surface area contributed by atoms with Crippen LogP contribution in [0.1, 0.15) is 29.7 Å². The van der Waals surface area contributed by atoms with E-state index in [-0.39, 0.29) is 18.4 Å². The number of aliphatic hydroxyl groups excluding tert-OH is 1. The lowest BCUT2D eigenvalue weighted by atomic mass is 10.1. The summed E-state index contributed by atoms with van der Waals surface area (Å²) in [5, 5.41) is 13.7. The third-order valence-corrected chi connectivity index (χ3v) is 5.10. The molecule has 4 heteroatoms. The first-order valence-electron chi connectivity index (χ1n) is 6.75. The first-order chi connectivity index (χ1) is 9.31. The highest BCUT2D eigenvalue weighted by Gasteiger charge is 2.56. The Labute approximate surface area is 117 Å². The van der Waals surface area contributed by atoms with Crippen molar-refractivity contribution in [2.75, 3.05) is 6.61 Å². The molecule has 2 aliphatic rings. The molecule has 0 saturated heterocycles. The van der Waals surface area contributed by atoms with Crippen molar-refractivity contribution in [3.05, 3.63) is 21.9 Å². The van der Waals surface area contributed by atoms with Gasteiger partial charge in [-0.2, -0.15) is 0 Å². The minimum atomic E-state index is -0.132. The Balaban J connectivity index is 1.55. The number of hydrogen-bond donors (Lipinski definition) is 2. The van der Waals surface area contributed by atoms with Crippen LogP contribution in [0, 0.1) is 29.6 Å². The van der Waals surface area contributed by atoms with Gasteiger partial charge in [-0.05, 0) is 36.1 Å². The maximum atomic E-state index is 12.1. The Kier molecular flexibility index (Phi) is 3.58. The van der Waals surface area contributed by atoms with E-state index in [0.717, 1.165) is 10.4 Å². The summed E-state index contributed by atoms with van der Waals surface area (Å²) in [6.07, 6.45) is 3.76. The molecule has 100 valence electrons. The molecule has 1 aromatic heterocycles. The third-order valence-electron chi connectivity index (χ3n) is 4.18. The van der Waals surface area contributed by atoms with Crippen molar-refractivity contribution in [3.63, 3.8) is 0 Å². The van der Waals surface area contributed by atoms with Gasteiger partial charge >= 0.3 is 0 Å². The molecule has 0 bridgehead atoms. The molecule has 2 aliphatic carbocycles. The SMILES string of the molecule is O=C(NCc1sccc1C#CCO)C1C2CCCC21. The summed E-state index contributed by atoms with van der Waals surface area (Å²) < 4.78 is 0. The van der Waals surface area contributed by atoms with Gasteiger partial charge < -0.3 is 10.4 Å². The van der Waals surface area contributed by atoms with Crippen LogP contribution in [0.3, 0.4) is 0 Å². The van der Waals surface area contributed by atoms with E-state index in [1.165, 1.54) is 19.3 Å². The fourth-order valence-corrected chi connectivity index (χ4v) is 3.99. The molecule has 0 spiro atoms. The van der Waals surface area contributed by atoms with Crippen molar-refractivity contribution >= 4 is 17.2 Å². The molecule has 1 heterocycles. The smallest absolute Gasteiger partial charge is 0.223 e.